The monoisotopic (exact) mass is 395 g/mol. The van der Waals surface area contributed by atoms with Crippen LogP contribution < -0.4 is 5.32 Å². The molecule has 0 heterocycles. The Kier molecular flexibility index (Phi) is 6.39. The summed E-state index contributed by atoms with van der Waals surface area (Å²) >= 11 is 8.27. The lowest BCUT2D eigenvalue weighted by molar-refractivity contribution is 0.0502. The number of halogens is 2. The van der Waals surface area contributed by atoms with Gasteiger partial charge in [-0.1, -0.05) is 46.3 Å². The third-order valence-electron chi connectivity index (χ3n) is 2.34. The highest BCUT2D eigenvalue weighted by Crippen LogP contribution is 2.22. The summed E-state index contributed by atoms with van der Waals surface area (Å²) in [6, 6.07) is 7.45. The molecule has 0 aliphatic rings. The molecule has 19 heavy (non-hydrogen) atoms. The molecule has 0 aliphatic heterocycles. The summed E-state index contributed by atoms with van der Waals surface area (Å²) < 4.78 is 6.22. The second kappa shape index (κ2) is 7.33. The number of alkyl halides is 1. The number of amides is 1. The van der Waals surface area contributed by atoms with Crippen molar-refractivity contribution in [2.45, 2.75) is 38.8 Å². The van der Waals surface area contributed by atoms with Gasteiger partial charge in [0, 0.05) is 9.45 Å². The van der Waals surface area contributed by atoms with E-state index in [1.54, 1.807) is 0 Å². The lowest BCUT2D eigenvalue weighted by Gasteiger charge is -2.23. The third kappa shape index (κ3) is 6.47. The first-order valence-corrected chi connectivity index (χ1v) is 8.03. The van der Waals surface area contributed by atoms with E-state index < -0.39 is 11.7 Å². The number of carbonyl (C=O) groups excluding carboxylic acids is 1. The Labute approximate surface area is 133 Å². The van der Waals surface area contributed by atoms with Gasteiger partial charge in [0.25, 0.3) is 0 Å². The SMILES string of the molecule is CC(C)(C)OC(=O)NC(CCI)c1cccc(Cl)c1. The van der Waals surface area contributed by atoms with Gasteiger partial charge in [0.15, 0.2) is 0 Å². The molecule has 0 bridgehead atoms. The van der Waals surface area contributed by atoms with E-state index in [0.29, 0.717) is 5.02 Å². The average Bonchev–Trinajstić information content (AvgIpc) is 2.26. The van der Waals surface area contributed by atoms with Crippen LogP contribution in [-0.4, -0.2) is 16.1 Å². The van der Waals surface area contributed by atoms with E-state index in [9.17, 15) is 4.79 Å². The number of hydrogen-bond acceptors (Lipinski definition) is 2. The largest absolute Gasteiger partial charge is 0.444 e. The van der Waals surface area contributed by atoms with E-state index in [-0.39, 0.29) is 6.04 Å². The highest BCUT2D eigenvalue weighted by Gasteiger charge is 2.20. The molecule has 106 valence electrons. The summed E-state index contributed by atoms with van der Waals surface area (Å²) in [6.07, 6.45) is 0.433. The third-order valence-corrected chi connectivity index (χ3v) is 3.20. The molecule has 0 saturated carbocycles. The summed E-state index contributed by atoms with van der Waals surface area (Å²) in [5, 5.41) is 3.56. The van der Waals surface area contributed by atoms with E-state index in [1.807, 2.05) is 45.0 Å². The number of hydrogen-bond donors (Lipinski definition) is 1. The minimum atomic E-state index is -0.493. The van der Waals surface area contributed by atoms with Gasteiger partial charge in [0.2, 0.25) is 0 Å². The van der Waals surface area contributed by atoms with Gasteiger partial charge in [0.1, 0.15) is 5.60 Å². The highest BCUT2D eigenvalue weighted by molar-refractivity contribution is 14.1. The summed E-state index contributed by atoms with van der Waals surface area (Å²) in [5.41, 5.74) is 0.503. The zero-order valence-electron chi connectivity index (χ0n) is 11.4. The van der Waals surface area contributed by atoms with E-state index in [0.717, 1.165) is 16.4 Å². The Balaban J connectivity index is 2.76. The maximum atomic E-state index is 11.8. The number of carbonyl (C=O) groups is 1. The van der Waals surface area contributed by atoms with Gasteiger partial charge in [-0.05, 0) is 44.9 Å². The van der Waals surface area contributed by atoms with Crippen LogP contribution in [0, 0.1) is 0 Å². The molecular weight excluding hydrogens is 377 g/mol. The molecule has 1 aromatic carbocycles. The molecule has 0 saturated heterocycles. The highest BCUT2D eigenvalue weighted by atomic mass is 127. The van der Waals surface area contributed by atoms with E-state index in [2.05, 4.69) is 27.9 Å². The summed E-state index contributed by atoms with van der Waals surface area (Å²) in [5.74, 6) is 0. The number of rotatable bonds is 4. The van der Waals surface area contributed by atoms with E-state index in [4.69, 9.17) is 16.3 Å². The normalized spacial score (nSPS) is 12.9. The van der Waals surface area contributed by atoms with Gasteiger partial charge in [0.05, 0.1) is 6.04 Å². The summed E-state index contributed by atoms with van der Waals surface area (Å²) in [7, 11) is 0. The maximum absolute atomic E-state index is 11.8. The van der Waals surface area contributed by atoms with Crippen LogP contribution in [0.5, 0.6) is 0 Å². The van der Waals surface area contributed by atoms with Crippen LogP contribution in [0.25, 0.3) is 0 Å². The first kappa shape index (κ1) is 16.6. The fourth-order valence-corrected chi connectivity index (χ4v) is 2.43. The van der Waals surface area contributed by atoms with Crippen LogP contribution in [-0.2, 0) is 4.74 Å². The Bertz CT molecular complexity index is 432. The smallest absolute Gasteiger partial charge is 0.408 e. The van der Waals surface area contributed by atoms with E-state index >= 15 is 0 Å². The Morgan fingerprint density at radius 3 is 2.68 bits per heavy atom. The van der Waals surface area contributed by atoms with Crippen molar-refractivity contribution in [3.63, 3.8) is 0 Å². The summed E-state index contributed by atoms with van der Waals surface area (Å²) in [4.78, 5) is 11.8. The van der Waals surface area contributed by atoms with Gasteiger partial charge >= 0.3 is 6.09 Å². The molecule has 3 nitrogen and oxygen atoms in total. The Morgan fingerprint density at radius 2 is 2.16 bits per heavy atom. The molecule has 1 rings (SSSR count). The molecule has 0 fully saturated rings. The summed E-state index contributed by atoms with van der Waals surface area (Å²) in [6.45, 7) is 5.54. The van der Waals surface area contributed by atoms with Crippen LogP contribution in [0.15, 0.2) is 24.3 Å². The molecule has 0 aliphatic carbocycles. The van der Waals surface area contributed by atoms with Gasteiger partial charge in [-0.3, -0.25) is 0 Å². The fraction of sp³-hybridized carbons (Fsp3) is 0.500. The lowest BCUT2D eigenvalue weighted by atomic mass is 10.1. The maximum Gasteiger partial charge on any atom is 0.408 e. The molecule has 1 aromatic rings. The van der Waals surface area contributed by atoms with Gasteiger partial charge in [-0.25, -0.2) is 4.79 Å². The minimum Gasteiger partial charge on any atom is -0.444 e. The molecule has 0 aromatic heterocycles. The van der Waals surface area contributed by atoms with Crippen LogP contribution in [0.3, 0.4) is 0 Å². The molecule has 0 spiro atoms. The molecule has 5 heteroatoms. The molecular formula is C14H19ClINO2. The quantitative estimate of drug-likeness (QED) is 0.591. The topological polar surface area (TPSA) is 38.3 Å². The van der Waals surface area contributed by atoms with Gasteiger partial charge in [-0.15, -0.1) is 0 Å². The standard InChI is InChI=1S/C14H19ClINO2/c1-14(2,3)19-13(18)17-12(7-8-16)10-5-4-6-11(15)9-10/h4-6,9,12H,7-8H2,1-3H3,(H,17,18). The molecule has 1 N–H and O–H groups in total. The van der Waals surface area contributed by atoms with Crippen molar-refractivity contribution in [3.05, 3.63) is 34.9 Å². The number of ether oxygens (including phenoxy) is 1. The second-order valence-corrected chi connectivity index (χ2v) is 6.75. The molecule has 1 amide bonds. The van der Waals surface area contributed by atoms with Crippen molar-refractivity contribution in [2.24, 2.45) is 0 Å². The van der Waals surface area contributed by atoms with Crippen molar-refractivity contribution < 1.29 is 9.53 Å². The van der Waals surface area contributed by atoms with Gasteiger partial charge < -0.3 is 10.1 Å². The zero-order valence-corrected chi connectivity index (χ0v) is 14.3. The van der Waals surface area contributed by atoms with Crippen LogP contribution in [0.2, 0.25) is 5.02 Å². The Morgan fingerprint density at radius 1 is 1.47 bits per heavy atom. The van der Waals surface area contributed by atoms with Crippen molar-refractivity contribution >= 4 is 40.3 Å². The lowest BCUT2D eigenvalue weighted by Crippen LogP contribution is -2.35. The van der Waals surface area contributed by atoms with Crippen molar-refractivity contribution in [3.8, 4) is 0 Å². The van der Waals surface area contributed by atoms with E-state index in [1.165, 1.54) is 0 Å². The van der Waals surface area contributed by atoms with Crippen LogP contribution in [0.1, 0.15) is 38.8 Å². The zero-order chi connectivity index (χ0) is 14.5. The van der Waals surface area contributed by atoms with Crippen LogP contribution in [0.4, 0.5) is 4.79 Å². The van der Waals surface area contributed by atoms with Crippen molar-refractivity contribution in [1.29, 1.82) is 0 Å². The van der Waals surface area contributed by atoms with Crippen molar-refractivity contribution in [2.75, 3.05) is 4.43 Å². The minimum absolute atomic E-state index is 0.0783. The van der Waals surface area contributed by atoms with Gasteiger partial charge in [-0.2, -0.15) is 0 Å². The average molecular weight is 396 g/mol. The second-order valence-electron chi connectivity index (χ2n) is 5.23. The molecule has 1 unspecified atom stereocenters. The predicted molar refractivity (Wildman–Crippen MR) is 87.1 cm³/mol. The predicted octanol–water partition coefficient (Wildman–Crippen LogP) is 4.73. The Hall–Kier alpha value is -0.490. The fourth-order valence-electron chi connectivity index (χ4n) is 1.60. The number of benzene rings is 1. The molecule has 0 radical (unpaired) electrons. The first-order chi connectivity index (χ1) is 8.81. The van der Waals surface area contributed by atoms with Crippen molar-refractivity contribution in [1.82, 2.24) is 5.32 Å². The number of nitrogens with one attached hydrogen (secondary N) is 1. The number of alkyl carbamates (subject to hydrolysis) is 1. The molecule has 1 atom stereocenters. The van der Waals surface area contributed by atoms with Crippen LogP contribution >= 0.6 is 34.2 Å². The first-order valence-electron chi connectivity index (χ1n) is 6.13.